The van der Waals surface area contributed by atoms with E-state index in [1.165, 1.54) is 0 Å². The Morgan fingerprint density at radius 3 is 2.79 bits per heavy atom. The molecule has 0 aliphatic carbocycles. The first-order valence-electron chi connectivity index (χ1n) is 10.8. The number of rotatable bonds is 8. The van der Waals surface area contributed by atoms with Gasteiger partial charge in [0.1, 0.15) is 5.82 Å². The van der Waals surface area contributed by atoms with Crippen molar-refractivity contribution in [1.82, 2.24) is 35.0 Å². The molecule has 0 unspecified atom stereocenters. The number of anilines is 1. The Labute approximate surface area is 189 Å². The fraction of sp³-hybridized carbons (Fsp3) is 0.364. The Balaban J connectivity index is 1.56. The van der Waals surface area contributed by atoms with E-state index < -0.39 is 6.08 Å². The number of aromatic nitrogens is 6. The van der Waals surface area contributed by atoms with E-state index in [9.17, 15) is 4.39 Å². The van der Waals surface area contributed by atoms with Crippen molar-refractivity contribution in [2.24, 2.45) is 5.92 Å². The van der Waals surface area contributed by atoms with Crippen molar-refractivity contribution in [1.29, 1.82) is 0 Å². The quantitative estimate of drug-likeness (QED) is 0.275. The number of nitrogen functional groups attached to an aromatic ring is 1. The third-order valence-corrected chi connectivity index (χ3v) is 5.46. The Kier molecular flexibility index (Phi) is 5.55. The largest absolute Gasteiger partial charge is 0.454 e. The minimum absolute atomic E-state index is 0.0193. The van der Waals surface area contributed by atoms with E-state index in [2.05, 4.69) is 39.3 Å². The number of fused-ring (bicyclic) bond motifs is 2. The summed E-state index contributed by atoms with van der Waals surface area (Å²) in [5.74, 6) is 2.56. The monoisotopic (exact) mass is 452 g/mol. The lowest BCUT2D eigenvalue weighted by Crippen LogP contribution is -2.25. The van der Waals surface area contributed by atoms with Crippen LogP contribution in [0.25, 0.3) is 22.4 Å². The van der Waals surface area contributed by atoms with E-state index >= 15 is 0 Å². The first-order chi connectivity index (χ1) is 16.0. The molecule has 172 valence electrons. The van der Waals surface area contributed by atoms with E-state index in [0.29, 0.717) is 53.9 Å². The number of nitrogens with two attached hydrogens (primary N) is 1. The number of halogens is 1. The predicted octanol–water partition coefficient (Wildman–Crippen LogP) is 2.50. The van der Waals surface area contributed by atoms with Crippen molar-refractivity contribution in [2.75, 3.05) is 25.6 Å². The van der Waals surface area contributed by atoms with Crippen molar-refractivity contribution in [2.45, 2.75) is 26.8 Å². The lowest BCUT2D eigenvalue weighted by molar-refractivity contribution is 0.174. The molecule has 5 rings (SSSR count). The van der Waals surface area contributed by atoms with Crippen LogP contribution in [0.4, 0.5) is 10.2 Å². The molecule has 11 heteroatoms. The van der Waals surface area contributed by atoms with E-state index in [0.717, 1.165) is 23.4 Å². The van der Waals surface area contributed by atoms with Gasteiger partial charge in [0.2, 0.25) is 6.79 Å². The van der Waals surface area contributed by atoms with Crippen molar-refractivity contribution >= 4 is 17.0 Å². The molecule has 1 aliphatic rings. The van der Waals surface area contributed by atoms with Crippen molar-refractivity contribution < 1.29 is 13.9 Å². The van der Waals surface area contributed by atoms with Gasteiger partial charge in [0.05, 0.1) is 5.69 Å². The molecule has 33 heavy (non-hydrogen) atoms. The van der Waals surface area contributed by atoms with Gasteiger partial charge in [-0.25, -0.2) is 4.98 Å². The van der Waals surface area contributed by atoms with Gasteiger partial charge in [-0.2, -0.15) is 19.5 Å². The number of nitrogens with one attached hydrogen (secondary N) is 2. The zero-order valence-corrected chi connectivity index (χ0v) is 18.4. The smallest absolute Gasteiger partial charge is 0.312 e. The molecule has 0 fully saturated rings. The molecule has 0 amide bonds. The van der Waals surface area contributed by atoms with Crippen LogP contribution in [0.15, 0.2) is 24.4 Å². The molecule has 0 atom stereocenters. The van der Waals surface area contributed by atoms with Gasteiger partial charge < -0.3 is 25.1 Å². The summed E-state index contributed by atoms with van der Waals surface area (Å²) in [6, 6.07) is 5.74. The molecule has 0 saturated heterocycles. The third kappa shape index (κ3) is 4.19. The molecule has 3 aromatic heterocycles. The average Bonchev–Trinajstić information content (AvgIpc) is 3.51. The zero-order valence-electron chi connectivity index (χ0n) is 18.4. The van der Waals surface area contributed by atoms with Crippen LogP contribution >= 0.6 is 0 Å². The summed E-state index contributed by atoms with van der Waals surface area (Å²) in [5.41, 5.74) is 9.34. The molecule has 10 nitrogen and oxygen atoms in total. The molecule has 4 heterocycles. The maximum atomic E-state index is 14.0. The molecule has 0 saturated carbocycles. The fourth-order valence-corrected chi connectivity index (χ4v) is 3.94. The highest BCUT2D eigenvalue weighted by atomic mass is 19.1. The summed E-state index contributed by atoms with van der Waals surface area (Å²) in [4.78, 5) is 12.3. The highest BCUT2D eigenvalue weighted by Gasteiger charge is 2.22. The minimum Gasteiger partial charge on any atom is -0.454 e. The Morgan fingerprint density at radius 2 is 2.03 bits per heavy atom. The van der Waals surface area contributed by atoms with Gasteiger partial charge in [0.15, 0.2) is 28.5 Å². The highest BCUT2D eigenvalue weighted by Crippen LogP contribution is 2.39. The van der Waals surface area contributed by atoms with Crippen LogP contribution in [0.2, 0.25) is 0 Å². The SMILES string of the molecule is CC(C)CNCCn1c(Cc2cc3c(cc2-c2cc[nH]n2)OCO3)nc2c(N)nc(F)nc21. The van der Waals surface area contributed by atoms with Crippen LogP contribution in [0, 0.1) is 12.0 Å². The summed E-state index contributed by atoms with van der Waals surface area (Å²) in [6.45, 7) is 6.56. The highest BCUT2D eigenvalue weighted by molar-refractivity contribution is 5.82. The molecular formula is C22H25FN8O2. The number of H-pyrrole nitrogens is 1. The third-order valence-electron chi connectivity index (χ3n) is 5.46. The first-order valence-corrected chi connectivity index (χ1v) is 10.8. The number of benzene rings is 1. The lowest BCUT2D eigenvalue weighted by Gasteiger charge is -2.13. The number of ether oxygens (including phenoxy) is 2. The second kappa shape index (κ2) is 8.66. The molecule has 4 N–H and O–H groups in total. The Morgan fingerprint density at radius 1 is 1.21 bits per heavy atom. The van der Waals surface area contributed by atoms with Crippen LogP contribution in [-0.4, -0.2) is 49.6 Å². The average molecular weight is 452 g/mol. The number of nitrogens with zero attached hydrogens (tertiary/aromatic N) is 5. The standard InChI is InChI=1S/C22H25FN8O2/c1-12(2)10-25-5-6-31-18(27-19-20(24)28-22(23)29-21(19)31)8-13-7-16-17(33-11-32-16)9-14(13)15-3-4-26-30-15/h3-4,7,9,12,25H,5-6,8,10-11H2,1-2H3,(H,26,30)(H2,24,28,29). The summed E-state index contributed by atoms with van der Waals surface area (Å²) in [5, 5.41) is 10.6. The summed E-state index contributed by atoms with van der Waals surface area (Å²) in [6.07, 6.45) is 1.32. The normalized spacial score (nSPS) is 12.8. The summed E-state index contributed by atoms with van der Waals surface area (Å²) < 4.78 is 27.1. The first kappa shape index (κ1) is 21.1. The molecular weight excluding hydrogens is 427 g/mol. The molecule has 4 aromatic rings. The van der Waals surface area contributed by atoms with E-state index in [4.69, 9.17) is 20.2 Å². The van der Waals surface area contributed by atoms with Gasteiger partial charge >= 0.3 is 6.08 Å². The summed E-state index contributed by atoms with van der Waals surface area (Å²) in [7, 11) is 0. The van der Waals surface area contributed by atoms with Gasteiger partial charge in [-0.05, 0) is 36.2 Å². The van der Waals surface area contributed by atoms with Gasteiger partial charge in [0, 0.05) is 31.3 Å². The topological polar surface area (TPSA) is 129 Å². The van der Waals surface area contributed by atoms with Crippen LogP contribution < -0.4 is 20.5 Å². The molecule has 1 aromatic carbocycles. The predicted molar refractivity (Wildman–Crippen MR) is 120 cm³/mol. The van der Waals surface area contributed by atoms with Crippen molar-refractivity contribution in [3.63, 3.8) is 0 Å². The van der Waals surface area contributed by atoms with Gasteiger partial charge in [0.25, 0.3) is 0 Å². The van der Waals surface area contributed by atoms with Crippen molar-refractivity contribution in [3.05, 3.63) is 41.9 Å². The maximum absolute atomic E-state index is 14.0. The zero-order chi connectivity index (χ0) is 22.9. The van der Waals surface area contributed by atoms with Crippen LogP contribution in [0.3, 0.4) is 0 Å². The lowest BCUT2D eigenvalue weighted by atomic mass is 10.0. The Bertz CT molecular complexity index is 1290. The molecule has 1 aliphatic heterocycles. The van der Waals surface area contributed by atoms with Gasteiger partial charge in [-0.1, -0.05) is 13.8 Å². The number of hydrogen-bond acceptors (Lipinski definition) is 8. The Hall–Kier alpha value is -3.73. The van der Waals surface area contributed by atoms with Gasteiger partial charge in [-0.3, -0.25) is 5.10 Å². The fourth-order valence-electron chi connectivity index (χ4n) is 3.94. The second-order valence-electron chi connectivity index (χ2n) is 8.33. The van der Waals surface area contributed by atoms with Crippen molar-refractivity contribution in [3.8, 4) is 22.8 Å². The van der Waals surface area contributed by atoms with Crippen LogP contribution in [0.5, 0.6) is 11.5 Å². The number of aromatic amines is 1. The van der Waals surface area contributed by atoms with E-state index in [1.54, 1.807) is 6.20 Å². The molecule has 0 radical (unpaired) electrons. The molecule has 0 spiro atoms. The number of imidazole rings is 1. The minimum atomic E-state index is -0.872. The molecule has 0 bridgehead atoms. The maximum Gasteiger partial charge on any atom is 0.312 e. The summed E-state index contributed by atoms with van der Waals surface area (Å²) >= 11 is 0. The second-order valence-corrected chi connectivity index (χ2v) is 8.33. The number of hydrogen-bond donors (Lipinski definition) is 3. The van der Waals surface area contributed by atoms with Gasteiger partial charge in [-0.15, -0.1) is 0 Å². The van der Waals surface area contributed by atoms with Crippen LogP contribution in [-0.2, 0) is 13.0 Å². The van der Waals surface area contributed by atoms with Crippen LogP contribution in [0.1, 0.15) is 25.2 Å². The van der Waals surface area contributed by atoms with E-state index in [-0.39, 0.29) is 12.6 Å². The van der Waals surface area contributed by atoms with E-state index in [1.807, 2.05) is 22.8 Å².